The van der Waals surface area contributed by atoms with Gasteiger partial charge in [-0.2, -0.15) is 9.97 Å². The zero-order valence-electron chi connectivity index (χ0n) is 56.9. The lowest BCUT2D eigenvalue weighted by Crippen LogP contribution is -2.46. The van der Waals surface area contributed by atoms with Gasteiger partial charge >= 0.3 is 29.8 Å². The molecule has 0 aliphatic heterocycles. The third kappa shape index (κ3) is 31.3. The Morgan fingerprint density at radius 1 is 0.635 bits per heavy atom. The smallest absolute Gasteiger partial charge is 0.326 e. The van der Waals surface area contributed by atoms with Gasteiger partial charge in [0.15, 0.2) is 45.3 Å². The highest BCUT2D eigenvalue weighted by atomic mass is 33.1. The number of H-pyrrole nitrogens is 2. The lowest BCUT2D eigenvalue weighted by Gasteiger charge is -2.22. The number of carboxylic acids is 4. The Morgan fingerprint density at radius 3 is 1.86 bits per heavy atom. The number of anilines is 3. The van der Waals surface area contributed by atoms with Crippen molar-refractivity contribution in [1.82, 2.24) is 61.1 Å². The number of carbonyl (C=O) groups excluding carboxylic acids is 7. The number of nitrogens with two attached hydrogens (primary N) is 3. The van der Waals surface area contributed by atoms with Gasteiger partial charge in [0.2, 0.25) is 23.7 Å². The van der Waals surface area contributed by atoms with E-state index >= 15 is 0 Å². The molecule has 3 amide bonds. The molecular formula is C67H94N18O17S2. The van der Waals surface area contributed by atoms with Crippen LogP contribution in [0, 0.1) is 28.6 Å². The van der Waals surface area contributed by atoms with Crippen LogP contribution in [0.3, 0.4) is 0 Å². The summed E-state index contributed by atoms with van der Waals surface area (Å²) in [7, 11) is 2.04. The summed E-state index contributed by atoms with van der Waals surface area (Å²) < 4.78 is 5.12. The number of nitrogen functional groups attached to an aromatic ring is 2. The third-order valence-corrected chi connectivity index (χ3v) is 16.8. The molecule has 0 fully saturated rings. The van der Waals surface area contributed by atoms with Crippen molar-refractivity contribution in [3.8, 4) is 0 Å². The van der Waals surface area contributed by atoms with Crippen LogP contribution in [0.4, 0.5) is 17.6 Å². The van der Waals surface area contributed by atoms with Crippen LogP contribution in [0.25, 0.3) is 22.3 Å². The molecule has 0 spiro atoms. The molecule has 4 aromatic heterocycles. The summed E-state index contributed by atoms with van der Waals surface area (Å²) in [4.78, 5) is 183. The van der Waals surface area contributed by atoms with E-state index in [2.05, 4.69) is 119 Å². The van der Waals surface area contributed by atoms with Gasteiger partial charge in [-0.3, -0.25) is 68.5 Å². The van der Waals surface area contributed by atoms with Crippen molar-refractivity contribution < 1.29 is 83.6 Å². The fourth-order valence-electron chi connectivity index (χ4n) is 9.28. The van der Waals surface area contributed by atoms with Crippen LogP contribution in [-0.4, -0.2) is 174 Å². The third-order valence-electron chi connectivity index (χ3n) is 14.4. The van der Waals surface area contributed by atoms with Crippen molar-refractivity contribution in [2.45, 2.75) is 95.7 Å². The molecule has 5 atom stereocenters. The van der Waals surface area contributed by atoms with Gasteiger partial charge in [-0.05, 0) is 68.4 Å². The standard InChI is InChI=1S/C59H70N18O17S2.4C2H4.4H2/c60-48-46-49(75-58(63)74-48)68-24-36(70-46)11-5-29-3-6-30(7-4-29)41(79)21-33(54(88)89)10-16-43(81)67-27-45(84)94-18-19-95-96-28-34(55(90)91)22-42(80)40(23-44(82)83)73-52(86)32(2-1-17-65-57(61)62)20-38(78)14-15-39(56(92)93)72-51(85)31-8-12-35(13-9-31)66-25-37-26-69-50-47(71-37)53(87)77-59(64)76-50;4*1-2;;;;/h3-4,6-9,12-13,24,26,32-34,39-40,66H,1-2,5,10-11,14-23,25,27-28H2,(H,67,81)(H,72,85)(H,73,86)(H,82,83)(H,88,89)(H,90,91)(H,92,93)(H4,61,62,65)(H4,60,63,68,74,75)(H3,64,69,76,77,87);4*1-2H2;4*1H/t32-,33+,34+,39+,40+;;;;;;;;/m0......../s1/i;;;;;4*1+1. The molecule has 37 heteroatoms. The number of carbonyl (C=O) groups is 11. The van der Waals surface area contributed by atoms with E-state index in [1.54, 1.807) is 24.3 Å². The van der Waals surface area contributed by atoms with Gasteiger partial charge in [0, 0.05) is 78.6 Å². The van der Waals surface area contributed by atoms with E-state index in [1.807, 2.05) is 0 Å². The van der Waals surface area contributed by atoms with Crippen LogP contribution in [0.15, 0.2) is 118 Å². The number of hydrogen-bond donors (Lipinski definition) is 16. The maximum Gasteiger partial charge on any atom is 0.326 e. The molecule has 19 N–H and O–H groups in total. The summed E-state index contributed by atoms with van der Waals surface area (Å²) in [6.07, 6.45) is -0.0965. The van der Waals surface area contributed by atoms with E-state index < -0.39 is 151 Å². The minimum Gasteiger partial charge on any atom is -0.481 e. The van der Waals surface area contributed by atoms with Crippen molar-refractivity contribution in [3.05, 3.63) is 157 Å². The van der Waals surface area contributed by atoms with Crippen LogP contribution in [0.2, 0.25) is 0 Å². The van der Waals surface area contributed by atoms with Gasteiger partial charge in [0.1, 0.15) is 25.0 Å². The number of fused-ring (bicyclic) bond motifs is 2. The predicted molar refractivity (Wildman–Crippen MR) is 399 cm³/mol. The van der Waals surface area contributed by atoms with Crippen molar-refractivity contribution in [2.24, 2.45) is 23.5 Å². The predicted octanol–water partition coefficient (Wildman–Crippen LogP) is 4.83. The maximum atomic E-state index is 13.8. The quantitative estimate of drug-likeness (QED) is 0.00465. The molecule has 0 radical (unpaired) electrons. The lowest BCUT2D eigenvalue weighted by molar-refractivity contribution is -0.144. The van der Waals surface area contributed by atoms with Crippen molar-refractivity contribution in [3.63, 3.8) is 0 Å². The Morgan fingerprint density at radius 2 is 1.24 bits per heavy atom. The first-order chi connectivity index (χ1) is 49.7. The number of aliphatic carboxylic acids is 4. The van der Waals surface area contributed by atoms with Crippen molar-refractivity contribution >= 4 is 132 Å². The van der Waals surface area contributed by atoms with Crippen LogP contribution >= 0.6 is 21.6 Å². The molecule has 0 aliphatic carbocycles. The average molecular weight is 1490 g/mol. The summed E-state index contributed by atoms with van der Waals surface area (Å²) in [5.41, 5.74) is 19.2. The van der Waals surface area contributed by atoms with Gasteiger partial charge in [0.25, 0.3) is 11.5 Å². The number of carboxylic acid groups (broad SMARTS) is 4. The minimum atomic E-state index is -1.75. The van der Waals surface area contributed by atoms with Gasteiger partial charge < -0.3 is 73.9 Å². The normalized spacial score (nSPS) is 11.8. The molecule has 6 aromatic rings. The largest absolute Gasteiger partial charge is 0.481 e. The number of benzene rings is 2. The Bertz CT molecular complexity index is 4090. The topological polar surface area (TPSA) is 590 Å². The molecule has 4 heterocycles. The number of rotatable bonds is 41. The first-order valence-electron chi connectivity index (χ1n) is 31.6. The number of esters is 1. The van der Waals surface area contributed by atoms with Crippen LogP contribution in [0.1, 0.15) is 108 Å². The van der Waals surface area contributed by atoms with E-state index in [0.29, 0.717) is 29.9 Å². The number of amides is 3. The van der Waals surface area contributed by atoms with Gasteiger partial charge in [-0.1, -0.05) is 45.9 Å². The Labute approximate surface area is 610 Å². The first kappa shape index (κ1) is 88.1. The first-order valence-corrected chi connectivity index (χ1v) is 34.0. The molecule has 6 rings (SSSR count). The number of Topliss-reactive ketones (excluding diaryl/α,β-unsaturated/α-hetero) is 3. The Kier molecular flexibility index (Phi) is 39.9. The van der Waals surface area contributed by atoms with Gasteiger partial charge in [-0.25, -0.2) is 24.7 Å². The number of aromatic amines is 2. The van der Waals surface area contributed by atoms with E-state index in [0.717, 1.165) is 27.2 Å². The van der Waals surface area contributed by atoms with E-state index in [9.17, 15) is 78.0 Å². The molecule has 2 aromatic carbocycles. The number of nitrogens with one attached hydrogen (secondary N) is 9. The highest BCUT2D eigenvalue weighted by Crippen LogP contribution is 2.27. The van der Waals surface area contributed by atoms with Gasteiger partial charge in [0.05, 0.1) is 54.6 Å². The van der Waals surface area contributed by atoms with Crippen LogP contribution in [-0.2, 0) is 67.3 Å². The molecule has 0 aliphatic rings. The molecule has 0 saturated heterocycles. The number of guanidine groups is 1. The number of aryl methyl sites for hydroxylation is 2. The average Bonchev–Trinajstić information content (AvgIpc) is 0.814. The molecular weight excluding hydrogens is 1390 g/mol. The zero-order chi connectivity index (χ0) is 78.0. The summed E-state index contributed by atoms with van der Waals surface area (Å²) in [5.74, 6) is -15.5. The zero-order valence-corrected chi connectivity index (χ0v) is 58.5. The second-order valence-electron chi connectivity index (χ2n) is 21.6. The minimum absolute atomic E-state index is 0. The second-order valence-corrected chi connectivity index (χ2v) is 24.3. The fraction of sp³-hybridized carbons (Fsp3) is 0.343. The summed E-state index contributed by atoms with van der Waals surface area (Å²) in [5, 5.41) is 67.6. The highest BCUT2D eigenvalue weighted by Gasteiger charge is 2.33. The monoisotopic (exact) mass is 1490 g/mol. The van der Waals surface area contributed by atoms with E-state index in [4.69, 9.17) is 32.8 Å². The molecule has 35 nitrogen and oxygen atoms in total. The van der Waals surface area contributed by atoms with E-state index in [1.165, 1.54) is 36.7 Å². The summed E-state index contributed by atoms with van der Waals surface area (Å²) in [6, 6.07) is 9.12. The Hall–Kier alpha value is -12.0. The second kappa shape index (κ2) is 47.2. The molecule has 0 saturated carbocycles. The van der Waals surface area contributed by atoms with Crippen molar-refractivity contribution in [1.29, 1.82) is 10.8 Å². The molecule has 0 bridgehead atoms. The fourth-order valence-corrected chi connectivity index (χ4v) is 11.4. The number of ether oxygens (including phenoxy) is 1. The van der Waals surface area contributed by atoms with Crippen molar-refractivity contribution in [2.75, 3.05) is 48.0 Å². The van der Waals surface area contributed by atoms with Gasteiger partial charge in [-0.15, -0.1) is 52.6 Å². The molecule has 0 unspecified atom stereocenters. The molecule has 104 heavy (non-hydrogen) atoms. The maximum absolute atomic E-state index is 13.8. The SMILES string of the molecule is C=C.C=C.C=C.C=C.N=C(N)NCCC[C@@H](CC(=O)CC[C@@H](NC(=O)c1ccc(NCc2cnc3nc(N)[nH]c(=O)c3n2)cc1)C(=O)O)C(=O)N[C@H](CC(=O)O)C(=O)C[C@H](CSSCCOC(=O)CNC(=O)CC[C@H](CC(=O)c1ccc(CCc2cnc3nc(N)[nH]c(=N)c3n2)cc1)C(=O)O)C(=O)O.[2HH].[2HH].[2HH].[2HH]. The van der Waals surface area contributed by atoms with Crippen LogP contribution in [0.5, 0.6) is 0 Å². The number of ketones is 3. The summed E-state index contributed by atoms with van der Waals surface area (Å²) in [6.45, 7) is 23.4. The summed E-state index contributed by atoms with van der Waals surface area (Å²) >= 11 is 0. The number of aromatic nitrogens is 8. The number of nitrogens with zero attached hydrogens (tertiary/aromatic N) is 6. The highest BCUT2D eigenvalue weighted by molar-refractivity contribution is 8.76. The van der Waals surface area contributed by atoms with Crippen LogP contribution < -0.4 is 54.8 Å². The molecule has 566 valence electrons. The lowest BCUT2D eigenvalue weighted by atomic mass is 9.92. The Balaban J connectivity index is -0.00000888. The number of hydrogen-bond acceptors (Lipinski definition) is 26. The van der Waals surface area contributed by atoms with E-state index in [-0.39, 0.29) is 113 Å².